The van der Waals surface area contributed by atoms with Crippen LogP contribution in [0, 0.1) is 11.3 Å². The standard InChI is InChI=1S/C19H26N2O/c20-16-19(10-1-2-11-19)17-6-8-18(9-7-17)22-15-5-14-21-12-3-4-13-21/h6-9H,1-5,10-15H2. The van der Waals surface area contributed by atoms with Crippen LogP contribution in [0.4, 0.5) is 0 Å². The molecule has 0 N–H and O–H groups in total. The molecule has 118 valence electrons. The Morgan fingerprint density at radius 2 is 1.73 bits per heavy atom. The highest BCUT2D eigenvalue weighted by molar-refractivity contribution is 5.37. The summed E-state index contributed by atoms with van der Waals surface area (Å²) in [6.45, 7) is 4.44. The maximum absolute atomic E-state index is 9.53. The SMILES string of the molecule is N#CC1(c2ccc(OCCCN3CCCC3)cc2)CCCC1. The van der Waals surface area contributed by atoms with Crippen molar-refractivity contribution in [2.75, 3.05) is 26.2 Å². The monoisotopic (exact) mass is 298 g/mol. The molecule has 1 aromatic carbocycles. The Kier molecular flexibility index (Phi) is 5.00. The lowest BCUT2D eigenvalue weighted by Crippen LogP contribution is -2.22. The summed E-state index contributed by atoms with van der Waals surface area (Å²) in [5.41, 5.74) is 0.922. The summed E-state index contributed by atoms with van der Waals surface area (Å²) in [6.07, 6.45) is 8.12. The van der Waals surface area contributed by atoms with Gasteiger partial charge in [-0.2, -0.15) is 5.26 Å². The molecule has 0 aromatic heterocycles. The van der Waals surface area contributed by atoms with E-state index in [0.29, 0.717) is 0 Å². The van der Waals surface area contributed by atoms with Crippen molar-refractivity contribution in [1.82, 2.24) is 4.90 Å². The van der Waals surface area contributed by atoms with Crippen molar-refractivity contribution in [3.8, 4) is 11.8 Å². The summed E-state index contributed by atoms with van der Waals surface area (Å²) in [4.78, 5) is 2.52. The molecule has 2 aliphatic rings. The van der Waals surface area contributed by atoms with Gasteiger partial charge in [0.05, 0.1) is 18.1 Å². The normalized spacial score (nSPS) is 20.9. The molecule has 2 fully saturated rings. The molecule has 0 radical (unpaired) electrons. The average molecular weight is 298 g/mol. The predicted molar refractivity (Wildman–Crippen MR) is 88.0 cm³/mol. The van der Waals surface area contributed by atoms with E-state index in [4.69, 9.17) is 4.74 Å². The zero-order chi connectivity index (χ0) is 15.3. The van der Waals surface area contributed by atoms with E-state index in [1.807, 2.05) is 12.1 Å². The molecule has 1 aromatic rings. The largest absolute Gasteiger partial charge is 0.494 e. The fourth-order valence-electron chi connectivity index (χ4n) is 3.80. The van der Waals surface area contributed by atoms with Crippen LogP contribution in [0.3, 0.4) is 0 Å². The lowest BCUT2D eigenvalue weighted by molar-refractivity contribution is 0.263. The number of nitriles is 1. The van der Waals surface area contributed by atoms with E-state index in [2.05, 4.69) is 23.1 Å². The average Bonchev–Trinajstić information content (AvgIpc) is 3.24. The first-order chi connectivity index (χ1) is 10.8. The molecule has 3 heteroatoms. The molecule has 1 saturated carbocycles. The van der Waals surface area contributed by atoms with Crippen LogP contribution < -0.4 is 4.74 Å². The summed E-state index contributed by atoms with van der Waals surface area (Å²) in [7, 11) is 0. The van der Waals surface area contributed by atoms with Gasteiger partial charge in [0, 0.05) is 6.54 Å². The molecule has 1 saturated heterocycles. The first-order valence-corrected chi connectivity index (χ1v) is 8.69. The van der Waals surface area contributed by atoms with Crippen molar-refractivity contribution >= 4 is 0 Å². The van der Waals surface area contributed by atoms with E-state index in [1.54, 1.807) is 0 Å². The summed E-state index contributed by atoms with van der Waals surface area (Å²) in [6, 6.07) is 10.8. The van der Waals surface area contributed by atoms with Gasteiger partial charge in [0.2, 0.25) is 0 Å². The van der Waals surface area contributed by atoms with Gasteiger partial charge in [-0.15, -0.1) is 0 Å². The molecule has 1 heterocycles. The number of hydrogen-bond donors (Lipinski definition) is 0. The molecular weight excluding hydrogens is 272 g/mol. The molecule has 22 heavy (non-hydrogen) atoms. The van der Waals surface area contributed by atoms with E-state index in [1.165, 1.54) is 38.8 Å². The van der Waals surface area contributed by atoms with Gasteiger partial charge in [-0.25, -0.2) is 0 Å². The minimum absolute atomic E-state index is 0.242. The van der Waals surface area contributed by atoms with Gasteiger partial charge in [-0.3, -0.25) is 0 Å². The smallest absolute Gasteiger partial charge is 0.119 e. The Bertz CT molecular complexity index is 505. The minimum Gasteiger partial charge on any atom is -0.494 e. The second-order valence-electron chi connectivity index (χ2n) is 6.68. The number of hydrogen-bond acceptors (Lipinski definition) is 3. The Balaban J connectivity index is 1.48. The van der Waals surface area contributed by atoms with E-state index in [-0.39, 0.29) is 5.41 Å². The second-order valence-corrected chi connectivity index (χ2v) is 6.68. The Labute approximate surface area is 133 Å². The molecule has 0 unspecified atom stereocenters. The highest BCUT2D eigenvalue weighted by Gasteiger charge is 2.35. The molecule has 0 atom stereocenters. The number of ether oxygens (including phenoxy) is 1. The molecule has 3 nitrogen and oxygen atoms in total. The molecule has 1 aliphatic heterocycles. The second kappa shape index (κ2) is 7.15. The molecule has 0 spiro atoms. The minimum atomic E-state index is -0.242. The predicted octanol–water partition coefficient (Wildman–Crippen LogP) is 3.89. The van der Waals surface area contributed by atoms with Crippen LogP contribution in [-0.2, 0) is 5.41 Å². The van der Waals surface area contributed by atoms with Gasteiger partial charge < -0.3 is 9.64 Å². The van der Waals surface area contributed by atoms with E-state index < -0.39 is 0 Å². The first-order valence-electron chi connectivity index (χ1n) is 8.69. The summed E-state index contributed by atoms with van der Waals surface area (Å²) in [5, 5.41) is 9.53. The highest BCUT2D eigenvalue weighted by Crippen LogP contribution is 2.40. The van der Waals surface area contributed by atoms with Gasteiger partial charge in [-0.05, 0) is 62.9 Å². The molecule has 0 bridgehead atoms. The number of nitrogens with zero attached hydrogens (tertiary/aromatic N) is 2. The molecular formula is C19H26N2O. The first kappa shape index (κ1) is 15.4. The van der Waals surface area contributed by atoms with Gasteiger partial charge in [0.25, 0.3) is 0 Å². The van der Waals surface area contributed by atoms with Crippen LogP contribution in [0.5, 0.6) is 5.75 Å². The third-order valence-electron chi connectivity index (χ3n) is 5.16. The third-order valence-corrected chi connectivity index (χ3v) is 5.16. The van der Waals surface area contributed by atoms with Crippen molar-refractivity contribution in [1.29, 1.82) is 5.26 Å². The Morgan fingerprint density at radius 3 is 2.36 bits per heavy atom. The van der Waals surface area contributed by atoms with Crippen molar-refractivity contribution in [2.45, 2.75) is 50.4 Å². The van der Waals surface area contributed by atoms with Crippen molar-refractivity contribution < 1.29 is 4.74 Å². The zero-order valence-corrected chi connectivity index (χ0v) is 13.4. The van der Waals surface area contributed by atoms with Crippen LogP contribution in [0.2, 0.25) is 0 Å². The van der Waals surface area contributed by atoms with Crippen molar-refractivity contribution in [2.24, 2.45) is 0 Å². The van der Waals surface area contributed by atoms with Crippen molar-refractivity contribution in [3.63, 3.8) is 0 Å². The lowest BCUT2D eigenvalue weighted by atomic mass is 9.80. The highest BCUT2D eigenvalue weighted by atomic mass is 16.5. The summed E-state index contributed by atoms with van der Waals surface area (Å²) < 4.78 is 5.84. The van der Waals surface area contributed by atoms with Gasteiger partial charge in [0.15, 0.2) is 0 Å². The zero-order valence-electron chi connectivity index (χ0n) is 13.4. The summed E-state index contributed by atoms with van der Waals surface area (Å²) >= 11 is 0. The molecule has 0 amide bonds. The van der Waals surface area contributed by atoms with E-state index >= 15 is 0 Å². The maximum Gasteiger partial charge on any atom is 0.119 e. The quantitative estimate of drug-likeness (QED) is 0.748. The molecule has 3 rings (SSSR count). The lowest BCUT2D eigenvalue weighted by Gasteiger charge is -2.21. The van der Waals surface area contributed by atoms with Gasteiger partial charge in [0.1, 0.15) is 5.75 Å². The number of likely N-dealkylation sites (tertiary alicyclic amines) is 1. The third kappa shape index (κ3) is 3.44. The van der Waals surface area contributed by atoms with Gasteiger partial charge in [-0.1, -0.05) is 25.0 Å². The van der Waals surface area contributed by atoms with E-state index in [9.17, 15) is 5.26 Å². The van der Waals surface area contributed by atoms with Crippen LogP contribution in [-0.4, -0.2) is 31.1 Å². The van der Waals surface area contributed by atoms with Crippen LogP contribution in [0.1, 0.15) is 50.5 Å². The fraction of sp³-hybridized carbons (Fsp3) is 0.632. The summed E-state index contributed by atoms with van der Waals surface area (Å²) in [5.74, 6) is 0.927. The van der Waals surface area contributed by atoms with Gasteiger partial charge >= 0.3 is 0 Å². The number of benzene rings is 1. The maximum atomic E-state index is 9.53. The topological polar surface area (TPSA) is 36.3 Å². The van der Waals surface area contributed by atoms with Crippen LogP contribution in [0.15, 0.2) is 24.3 Å². The Hall–Kier alpha value is -1.53. The number of rotatable bonds is 6. The van der Waals surface area contributed by atoms with E-state index in [0.717, 1.165) is 43.7 Å². The van der Waals surface area contributed by atoms with Crippen molar-refractivity contribution in [3.05, 3.63) is 29.8 Å². The molecule has 1 aliphatic carbocycles. The van der Waals surface area contributed by atoms with Crippen LogP contribution >= 0.6 is 0 Å². The Morgan fingerprint density at radius 1 is 1.05 bits per heavy atom. The fourth-order valence-corrected chi connectivity index (χ4v) is 3.80. The van der Waals surface area contributed by atoms with Crippen LogP contribution in [0.25, 0.3) is 0 Å².